The van der Waals surface area contributed by atoms with Gasteiger partial charge in [-0.15, -0.1) is 0 Å². The summed E-state index contributed by atoms with van der Waals surface area (Å²) in [5.41, 5.74) is 0.514. The van der Waals surface area contributed by atoms with E-state index in [9.17, 15) is 18.0 Å². The smallest absolute Gasteiger partial charge is 0.381 e. The molecule has 1 N–H and O–H groups in total. The third-order valence-corrected chi connectivity index (χ3v) is 5.84. The van der Waals surface area contributed by atoms with Crippen LogP contribution in [0, 0.1) is 0 Å². The Hall–Kier alpha value is -1.98. The first kappa shape index (κ1) is 15.5. The summed E-state index contributed by atoms with van der Waals surface area (Å²) in [4.78, 5) is 12.0. The molecule has 2 atom stereocenters. The minimum Gasteiger partial charge on any atom is -0.381 e. The molecule has 0 saturated heterocycles. The Morgan fingerprint density at radius 2 is 2.00 bits per heavy atom. The predicted octanol–water partition coefficient (Wildman–Crippen LogP) is 4.18. The summed E-state index contributed by atoms with van der Waals surface area (Å²) < 4.78 is 41.6. The van der Waals surface area contributed by atoms with Crippen LogP contribution in [0.15, 0.2) is 23.0 Å². The molecule has 2 aliphatic rings. The van der Waals surface area contributed by atoms with Gasteiger partial charge in [0, 0.05) is 35.6 Å². The van der Waals surface area contributed by atoms with Gasteiger partial charge >= 0.3 is 6.18 Å². The van der Waals surface area contributed by atoms with Gasteiger partial charge in [-0.25, -0.2) is 0 Å². The zero-order chi connectivity index (χ0) is 17.3. The molecule has 0 unspecified atom stereocenters. The number of hydrogen-bond donors (Lipinski definition) is 1. The highest BCUT2D eigenvalue weighted by Gasteiger charge is 2.45. The Morgan fingerprint density at radius 3 is 2.71 bits per heavy atom. The molecule has 0 radical (unpaired) electrons. The van der Waals surface area contributed by atoms with Crippen LogP contribution in [0.25, 0.3) is 10.9 Å². The molecule has 3 nitrogen and oxygen atoms in total. The summed E-state index contributed by atoms with van der Waals surface area (Å²) >= 11 is 0. The highest BCUT2D eigenvalue weighted by atomic mass is 19.4. The molecule has 24 heavy (non-hydrogen) atoms. The van der Waals surface area contributed by atoms with E-state index < -0.39 is 17.3 Å². The van der Waals surface area contributed by atoms with Crippen molar-refractivity contribution in [2.24, 2.45) is 7.05 Å². The number of nitrogens with zero attached hydrogens (tertiary/aromatic N) is 1. The molecule has 0 amide bonds. The minimum absolute atomic E-state index is 0.109. The molecule has 1 aromatic heterocycles. The number of anilines is 1. The Labute approximate surface area is 137 Å². The van der Waals surface area contributed by atoms with Crippen LogP contribution < -0.4 is 10.9 Å². The van der Waals surface area contributed by atoms with Gasteiger partial charge in [0.1, 0.15) is 0 Å². The molecular weight excluding hydrogens is 317 g/mol. The van der Waals surface area contributed by atoms with Crippen LogP contribution >= 0.6 is 0 Å². The Bertz CT molecular complexity index is 900. The van der Waals surface area contributed by atoms with Crippen molar-refractivity contribution < 1.29 is 13.2 Å². The van der Waals surface area contributed by atoms with Gasteiger partial charge in [-0.1, -0.05) is 19.8 Å². The van der Waals surface area contributed by atoms with Gasteiger partial charge < -0.3 is 9.88 Å². The first-order valence-corrected chi connectivity index (χ1v) is 8.24. The summed E-state index contributed by atoms with van der Waals surface area (Å²) in [6.07, 6.45) is -0.333. The lowest BCUT2D eigenvalue weighted by molar-refractivity contribution is -0.136. The van der Waals surface area contributed by atoms with Crippen LogP contribution in [0.1, 0.15) is 43.7 Å². The van der Waals surface area contributed by atoms with Crippen LogP contribution in [0.5, 0.6) is 0 Å². The Kier molecular flexibility index (Phi) is 3.09. The molecule has 1 aliphatic heterocycles. The van der Waals surface area contributed by atoms with Crippen LogP contribution in [-0.2, 0) is 18.6 Å². The van der Waals surface area contributed by atoms with Gasteiger partial charge in [-0.2, -0.15) is 13.2 Å². The summed E-state index contributed by atoms with van der Waals surface area (Å²) in [6, 6.07) is 4.33. The number of nitrogens with one attached hydrogen (secondary N) is 1. The van der Waals surface area contributed by atoms with Crippen molar-refractivity contribution >= 4 is 16.6 Å². The molecule has 1 saturated carbocycles. The van der Waals surface area contributed by atoms with Crippen molar-refractivity contribution in [3.05, 3.63) is 39.7 Å². The van der Waals surface area contributed by atoms with Crippen molar-refractivity contribution in [2.45, 2.75) is 50.2 Å². The molecular formula is C18H19F3N2O. The van der Waals surface area contributed by atoms with Crippen LogP contribution in [-0.4, -0.2) is 10.6 Å². The van der Waals surface area contributed by atoms with E-state index in [1.807, 2.05) is 0 Å². The van der Waals surface area contributed by atoms with Gasteiger partial charge in [0.2, 0.25) is 0 Å². The molecule has 0 bridgehead atoms. The highest BCUT2D eigenvalue weighted by molar-refractivity contribution is 5.89. The minimum atomic E-state index is -4.54. The standard InChI is InChI=1S/C18H19F3N2O/c1-17-6-4-3-5-15(17)22-13-9-14-10(7-12(13)17)11(18(19,20)21)8-16(24)23(14)2/h7-9,15,22H,3-6H2,1-2H3/t15-,17-/m1/s1. The monoisotopic (exact) mass is 336 g/mol. The number of alkyl halides is 3. The number of hydrogen-bond acceptors (Lipinski definition) is 2. The maximum absolute atomic E-state index is 13.4. The Balaban J connectivity index is 2.05. The van der Waals surface area contributed by atoms with Crippen molar-refractivity contribution in [2.75, 3.05) is 5.32 Å². The van der Waals surface area contributed by atoms with Gasteiger partial charge in [0.25, 0.3) is 5.56 Å². The summed E-state index contributed by atoms with van der Waals surface area (Å²) in [5, 5.41) is 3.59. The molecule has 4 rings (SSSR count). The molecule has 1 fully saturated rings. The number of aryl methyl sites for hydroxylation is 1. The van der Waals surface area contributed by atoms with Crippen LogP contribution in [0.2, 0.25) is 0 Å². The van der Waals surface area contributed by atoms with E-state index >= 15 is 0 Å². The van der Waals surface area contributed by atoms with E-state index in [0.29, 0.717) is 11.6 Å². The molecule has 6 heteroatoms. The van der Waals surface area contributed by atoms with Crippen molar-refractivity contribution in [1.29, 1.82) is 0 Å². The molecule has 2 heterocycles. The first-order chi connectivity index (χ1) is 11.2. The maximum atomic E-state index is 13.4. The first-order valence-electron chi connectivity index (χ1n) is 8.24. The molecule has 1 aromatic carbocycles. The van der Waals surface area contributed by atoms with E-state index in [1.165, 1.54) is 11.6 Å². The summed E-state index contributed by atoms with van der Waals surface area (Å²) in [5.74, 6) is 0. The molecule has 0 spiro atoms. The van der Waals surface area contributed by atoms with Crippen LogP contribution in [0.3, 0.4) is 0 Å². The summed E-state index contributed by atoms with van der Waals surface area (Å²) in [6.45, 7) is 2.14. The van der Waals surface area contributed by atoms with Gasteiger partial charge in [0.05, 0.1) is 11.1 Å². The third kappa shape index (κ3) is 2.01. The predicted molar refractivity (Wildman–Crippen MR) is 87.4 cm³/mol. The maximum Gasteiger partial charge on any atom is 0.417 e. The summed E-state index contributed by atoms with van der Waals surface area (Å²) in [7, 11) is 1.51. The fourth-order valence-electron chi connectivity index (χ4n) is 4.40. The molecule has 128 valence electrons. The number of halogens is 3. The highest BCUT2D eigenvalue weighted by Crippen LogP contribution is 2.50. The second-order valence-electron chi connectivity index (χ2n) is 7.23. The largest absolute Gasteiger partial charge is 0.417 e. The lowest BCUT2D eigenvalue weighted by atomic mass is 9.69. The fourth-order valence-corrected chi connectivity index (χ4v) is 4.40. The van der Waals surface area contributed by atoms with Gasteiger partial charge in [-0.05, 0) is 30.5 Å². The number of fused-ring (bicyclic) bond motifs is 4. The zero-order valence-electron chi connectivity index (χ0n) is 13.6. The molecule has 2 aromatic rings. The van der Waals surface area contributed by atoms with Crippen molar-refractivity contribution in [3.63, 3.8) is 0 Å². The van der Waals surface area contributed by atoms with E-state index in [-0.39, 0.29) is 16.8 Å². The fraction of sp³-hybridized carbons (Fsp3) is 0.500. The SMILES string of the molecule is Cn1c(=O)cc(C(F)(F)F)c2cc3c(cc21)N[C@@H]1CCCC[C@]31C. The number of benzene rings is 1. The van der Waals surface area contributed by atoms with E-state index in [0.717, 1.165) is 36.9 Å². The third-order valence-electron chi connectivity index (χ3n) is 5.84. The average Bonchev–Trinajstić information content (AvgIpc) is 2.80. The topological polar surface area (TPSA) is 34.0 Å². The van der Waals surface area contributed by atoms with E-state index in [1.54, 1.807) is 12.1 Å². The second-order valence-corrected chi connectivity index (χ2v) is 7.23. The molecule has 1 aliphatic carbocycles. The lowest BCUT2D eigenvalue weighted by Gasteiger charge is -2.36. The second kappa shape index (κ2) is 4.77. The van der Waals surface area contributed by atoms with E-state index in [2.05, 4.69) is 12.2 Å². The zero-order valence-corrected chi connectivity index (χ0v) is 13.6. The van der Waals surface area contributed by atoms with Crippen molar-refractivity contribution in [3.8, 4) is 0 Å². The number of aromatic nitrogens is 1. The van der Waals surface area contributed by atoms with Gasteiger partial charge in [-0.3, -0.25) is 4.79 Å². The van der Waals surface area contributed by atoms with Crippen LogP contribution in [0.4, 0.5) is 18.9 Å². The lowest BCUT2D eigenvalue weighted by Crippen LogP contribution is -2.38. The normalized spacial score (nSPS) is 26.1. The van der Waals surface area contributed by atoms with Gasteiger partial charge in [0.15, 0.2) is 0 Å². The van der Waals surface area contributed by atoms with Crippen molar-refractivity contribution in [1.82, 2.24) is 4.57 Å². The number of rotatable bonds is 0. The average molecular weight is 336 g/mol. The number of pyridine rings is 1. The Morgan fingerprint density at radius 1 is 1.25 bits per heavy atom. The van der Waals surface area contributed by atoms with E-state index in [4.69, 9.17) is 0 Å². The quantitative estimate of drug-likeness (QED) is 0.783.